The van der Waals surface area contributed by atoms with Crippen LogP contribution >= 0.6 is 11.6 Å². The minimum atomic E-state index is -2.73. The van der Waals surface area contributed by atoms with Gasteiger partial charge in [-0.2, -0.15) is 5.26 Å². The molecule has 0 spiro atoms. The molecule has 1 aromatic heterocycles. The molecule has 0 aliphatic rings. The minimum absolute atomic E-state index is 0.110. The van der Waals surface area contributed by atoms with Crippen LogP contribution in [0.4, 0.5) is 8.78 Å². The van der Waals surface area contributed by atoms with E-state index in [4.69, 9.17) is 16.9 Å². The summed E-state index contributed by atoms with van der Waals surface area (Å²) in [4.78, 5) is 3.66. The molecule has 0 atom stereocenters. The van der Waals surface area contributed by atoms with Crippen molar-refractivity contribution < 1.29 is 8.78 Å². The smallest absolute Gasteiger partial charge is 0.250 e. The van der Waals surface area contributed by atoms with Crippen molar-refractivity contribution in [2.45, 2.75) is 19.2 Å². The minimum Gasteiger partial charge on any atom is -0.250 e. The molecule has 0 N–H and O–H groups in total. The molecule has 0 aromatic carbocycles. The van der Waals surface area contributed by atoms with Crippen molar-refractivity contribution >= 4 is 11.6 Å². The Morgan fingerprint density at radius 3 is 2.71 bits per heavy atom. The summed E-state index contributed by atoms with van der Waals surface area (Å²) in [5, 5.41) is 8.61. The number of hydrogen-bond acceptors (Lipinski definition) is 2. The second-order valence-corrected chi connectivity index (χ2v) is 2.98. The fraction of sp³-hybridized carbons (Fsp3) is 0.333. The number of rotatable bonds is 2. The number of nitriles is 1. The summed E-state index contributed by atoms with van der Waals surface area (Å²) in [6.45, 7) is 1.59. The van der Waals surface area contributed by atoms with Gasteiger partial charge in [-0.05, 0) is 18.6 Å². The molecule has 1 aromatic rings. The van der Waals surface area contributed by atoms with Crippen LogP contribution in [-0.4, -0.2) is 4.98 Å². The zero-order valence-electron chi connectivity index (χ0n) is 7.39. The predicted molar refractivity (Wildman–Crippen MR) is 48.2 cm³/mol. The molecule has 5 heteroatoms. The van der Waals surface area contributed by atoms with Gasteiger partial charge in [0.25, 0.3) is 6.43 Å². The molecule has 14 heavy (non-hydrogen) atoms. The van der Waals surface area contributed by atoms with E-state index in [0.29, 0.717) is 11.3 Å². The lowest BCUT2D eigenvalue weighted by atomic mass is 10.1. The van der Waals surface area contributed by atoms with Crippen LogP contribution in [0, 0.1) is 18.3 Å². The monoisotopic (exact) mass is 216 g/mol. The molecule has 0 aliphatic carbocycles. The summed E-state index contributed by atoms with van der Waals surface area (Å²) in [6, 6.07) is 3.04. The first-order valence-corrected chi connectivity index (χ1v) is 4.38. The van der Waals surface area contributed by atoms with E-state index in [1.807, 2.05) is 0 Å². The van der Waals surface area contributed by atoms with E-state index in [9.17, 15) is 8.78 Å². The summed E-state index contributed by atoms with van der Waals surface area (Å²) in [5.74, 6) is 0.164. The molecule has 0 fully saturated rings. The van der Waals surface area contributed by atoms with Crippen LogP contribution in [-0.2, 0) is 5.88 Å². The third kappa shape index (κ3) is 1.99. The SMILES string of the molecule is Cc1nc(C(F)F)c(C#N)cc1CCl. The van der Waals surface area contributed by atoms with Gasteiger partial charge in [-0.25, -0.2) is 8.78 Å². The zero-order valence-corrected chi connectivity index (χ0v) is 8.15. The first-order valence-electron chi connectivity index (χ1n) is 3.84. The highest BCUT2D eigenvalue weighted by molar-refractivity contribution is 6.17. The molecule has 1 heterocycles. The van der Waals surface area contributed by atoms with Crippen molar-refractivity contribution in [3.8, 4) is 6.07 Å². The Morgan fingerprint density at radius 2 is 2.29 bits per heavy atom. The first-order chi connectivity index (χ1) is 6.60. The van der Waals surface area contributed by atoms with E-state index in [0.717, 1.165) is 0 Å². The van der Waals surface area contributed by atoms with Gasteiger partial charge in [-0.1, -0.05) is 0 Å². The summed E-state index contributed by atoms with van der Waals surface area (Å²) in [6.07, 6.45) is -2.73. The molecule has 0 unspecified atom stereocenters. The molecule has 0 radical (unpaired) electrons. The van der Waals surface area contributed by atoms with Crippen LogP contribution in [0.1, 0.15) is 28.9 Å². The van der Waals surface area contributed by atoms with Crippen molar-refractivity contribution in [3.05, 3.63) is 28.6 Å². The Balaban J connectivity index is 3.33. The van der Waals surface area contributed by atoms with Crippen molar-refractivity contribution in [3.63, 3.8) is 0 Å². The second kappa shape index (κ2) is 4.34. The lowest BCUT2D eigenvalue weighted by Gasteiger charge is -2.06. The van der Waals surface area contributed by atoms with E-state index in [1.54, 1.807) is 13.0 Å². The molecule has 0 aliphatic heterocycles. The highest BCUT2D eigenvalue weighted by atomic mass is 35.5. The number of nitrogens with zero attached hydrogens (tertiary/aromatic N) is 2. The summed E-state index contributed by atoms with van der Waals surface area (Å²) >= 11 is 5.56. The third-order valence-corrected chi connectivity index (χ3v) is 2.11. The quantitative estimate of drug-likeness (QED) is 0.713. The van der Waals surface area contributed by atoms with Crippen LogP contribution in [0.3, 0.4) is 0 Å². The highest BCUT2D eigenvalue weighted by Crippen LogP contribution is 2.23. The Kier molecular flexibility index (Phi) is 3.37. The van der Waals surface area contributed by atoms with Gasteiger partial charge in [0.15, 0.2) is 0 Å². The maximum absolute atomic E-state index is 12.4. The highest BCUT2D eigenvalue weighted by Gasteiger charge is 2.16. The van der Waals surface area contributed by atoms with Crippen molar-refractivity contribution in [2.75, 3.05) is 0 Å². The number of alkyl halides is 3. The molecule has 74 valence electrons. The fourth-order valence-electron chi connectivity index (χ4n) is 1.06. The van der Waals surface area contributed by atoms with Crippen LogP contribution in [0.15, 0.2) is 6.07 Å². The molecule has 0 saturated heterocycles. The molecule has 2 nitrogen and oxygen atoms in total. The Labute approximate surface area is 85.1 Å². The molecule has 0 bridgehead atoms. The van der Waals surface area contributed by atoms with E-state index >= 15 is 0 Å². The summed E-state index contributed by atoms with van der Waals surface area (Å²) in [5.41, 5.74) is 0.460. The van der Waals surface area contributed by atoms with Gasteiger partial charge in [0.1, 0.15) is 11.8 Å². The lowest BCUT2D eigenvalue weighted by molar-refractivity contribution is 0.145. The largest absolute Gasteiger partial charge is 0.281 e. The van der Waals surface area contributed by atoms with Crippen molar-refractivity contribution in [1.82, 2.24) is 4.98 Å². The van der Waals surface area contributed by atoms with Gasteiger partial charge < -0.3 is 0 Å². The molecular formula is C9H7ClF2N2. The van der Waals surface area contributed by atoms with Gasteiger partial charge in [-0.15, -0.1) is 11.6 Å². The number of aromatic nitrogens is 1. The fourth-order valence-corrected chi connectivity index (χ4v) is 1.33. The van der Waals surface area contributed by atoms with E-state index in [2.05, 4.69) is 4.98 Å². The predicted octanol–water partition coefficient (Wildman–Crippen LogP) is 2.94. The number of halogens is 3. The summed E-state index contributed by atoms with van der Waals surface area (Å²) < 4.78 is 24.8. The zero-order chi connectivity index (χ0) is 10.7. The number of pyridine rings is 1. The topological polar surface area (TPSA) is 36.7 Å². The summed E-state index contributed by atoms with van der Waals surface area (Å²) in [7, 11) is 0. The normalized spacial score (nSPS) is 10.3. The van der Waals surface area contributed by atoms with E-state index in [-0.39, 0.29) is 11.4 Å². The maximum atomic E-state index is 12.4. The van der Waals surface area contributed by atoms with Gasteiger partial charge in [0, 0.05) is 11.6 Å². The van der Waals surface area contributed by atoms with Gasteiger partial charge in [0.05, 0.1) is 5.56 Å². The third-order valence-electron chi connectivity index (χ3n) is 1.82. The Morgan fingerprint density at radius 1 is 1.64 bits per heavy atom. The number of aryl methyl sites for hydroxylation is 1. The molecule has 1 rings (SSSR count). The lowest BCUT2D eigenvalue weighted by Crippen LogP contribution is -2.00. The first kappa shape index (κ1) is 10.9. The average Bonchev–Trinajstić information content (AvgIpc) is 2.17. The molecule has 0 saturated carbocycles. The van der Waals surface area contributed by atoms with Crippen LogP contribution in [0.2, 0.25) is 0 Å². The standard InChI is InChI=1S/C9H7ClF2N2/c1-5-6(3-10)2-7(4-13)8(14-5)9(11)12/h2,9H,3H2,1H3. The van der Waals surface area contributed by atoms with E-state index < -0.39 is 12.1 Å². The van der Waals surface area contributed by atoms with Crippen LogP contribution in [0.25, 0.3) is 0 Å². The molecule has 0 amide bonds. The average molecular weight is 217 g/mol. The van der Waals surface area contributed by atoms with Crippen molar-refractivity contribution in [2.24, 2.45) is 0 Å². The van der Waals surface area contributed by atoms with Gasteiger partial charge in [-0.3, -0.25) is 4.98 Å². The van der Waals surface area contributed by atoms with Gasteiger partial charge in [0.2, 0.25) is 0 Å². The Hall–Kier alpha value is -1.21. The second-order valence-electron chi connectivity index (χ2n) is 2.71. The van der Waals surface area contributed by atoms with Crippen LogP contribution in [0.5, 0.6) is 0 Å². The van der Waals surface area contributed by atoms with Crippen LogP contribution < -0.4 is 0 Å². The Bertz CT molecular complexity index is 385. The van der Waals surface area contributed by atoms with Crippen molar-refractivity contribution in [1.29, 1.82) is 5.26 Å². The maximum Gasteiger partial charge on any atom is 0.281 e. The van der Waals surface area contributed by atoms with E-state index in [1.165, 1.54) is 6.07 Å². The van der Waals surface area contributed by atoms with Gasteiger partial charge >= 0.3 is 0 Å². The molecular weight excluding hydrogens is 210 g/mol. The number of hydrogen-bond donors (Lipinski definition) is 0.